The summed E-state index contributed by atoms with van der Waals surface area (Å²) in [5.74, 6) is -4.24. The summed E-state index contributed by atoms with van der Waals surface area (Å²) in [4.78, 5) is 31.4. The van der Waals surface area contributed by atoms with E-state index >= 15 is 0 Å². The molecule has 1 aromatic carbocycles. The van der Waals surface area contributed by atoms with Crippen LogP contribution in [0.2, 0.25) is 0 Å². The summed E-state index contributed by atoms with van der Waals surface area (Å²) in [5, 5.41) is -0.0223. The number of fused-ring (bicyclic) bond motifs is 1. The summed E-state index contributed by atoms with van der Waals surface area (Å²) in [6.45, 7) is 1.50. The molecule has 1 unspecified atom stereocenters. The number of primary amides is 1. The highest BCUT2D eigenvalue weighted by Gasteiger charge is 2.50. The monoisotopic (exact) mass is 463 g/mol. The smallest absolute Gasteiger partial charge is 0.391 e. The first-order valence-corrected chi connectivity index (χ1v) is 10.2. The van der Waals surface area contributed by atoms with E-state index in [0.29, 0.717) is 5.56 Å². The summed E-state index contributed by atoms with van der Waals surface area (Å²) >= 11 is 0. The van der Waals surface area contributed by atoms with Gasteiger partial charge < -0.3 is 15.5 Å². The van der Waals surface area contributed by atoms with Gasteiger partial charge in [0.1, 0.15) is 17.3 Å². The lowest BCUT2D eigenvalue weighted by Crippen LogP contribution is -2.20. The van der Waals surface area contributed by atoms with E-state index < -0.39 is 41.1 Å². The number of nitrogens with one attached hydrogen (secondary N) is 1. The number of hydrogen-bond donors (Lipinski definition) is 2. The van der Waals surface area contributed by atoms with Gasteiger partial charge in [0.2, 0.25) is 0 Å². The van der Waals surface area contributed by atoms with Crippen LogP contribution in [0, 0.1) is 18.7 Å². The summed E-state index contributed by atoms with van der Waals surface area (Å²) in [5.41, 5.74) is 5.70. The minimum absolute atomic E-state index is 0.0223. The Hall–Kier alpha value is -3.43. The lowest BCUT2D eigenvalue weighted by Gasteiger charge is -2.23. The molecule has 0 spiro atoms. The third kappa shape index (κ3) is 3.94. The molecule has 2 aromatic heterocycles. The predicted octanol–water partition coefficient (Wildman–Crippen LogP) is 4.32. The number of H-pyrrole nitrogens is 1. The fraction of sp³-hybridized carbons (Fsp3) is 0.348. The minimum Gasteiger partial charge on any atom is -0.496 e. The average Bonchev–Trinajstić information content (AvgIpc) is 3.20. The highest BCUT2D eigenvalue weighted by molar-refractivity contribution is 6.03. The number of pyridine rings is 2. The third-order valence-corrected chi connectivity index (χ3v) is 6.40. The molecule has 0 aliphatic heterocycles. The zero-order valence-electron chi connectivity index (χ0n) is 17.8. The number of aromatic nitrogens is 2. The first-order chi connectivity index (χ1) is 15.5. The molecule has 3 N–H and O–H groups in total. The highest BCUT2D eigenvalue weighted by atomic mass is 19.4. The Morgan fingerprint density at radius 1 is 1.21 bits per heavy atom. The molecule has 1 amide bonds. The molecule has 3 aromatic rings. The lowest BCUT2D eigenvalue weighted by molar-refractivity contribution is -0.172. The van der Waals surface area contributed by atoms with Crippen molar-refractivity contribution in [3.05, 3.63) is 69.0 Å². The van der Waals surface area contributed by atoms with Crippen LogP contribution in [0.1, 0.15) is 52.0 Å². The maximum absolute atomic E-state index is 14.1. The lowest BCUT2D eigenvalue weighted by atomic mass is 9.85. The Morgan fingerprint density at radius 2 is 1.91 bits per heavy atom. The predicted molar refractivity (Wildman–Crippen MR) is 113 cm³/mol. The molecule has 0 radical (unpaired) electrons. The van der Waals surface area contributed by atoms with Crippen LogP contribution in [0.25, 0.3) is 10.9 Å². The number of ether oxygens (including phenoxy) is 1. The fourth-order valence-electron chi connectivity index (χ4n) is 4.85. The number of nitrogens with zero attached hydrogens (tertiary/aromatic N) is 1. The maximum atomic E-state index is 14.1. The number of methoxy groups -OCH3 is 1. The Labute approximate surface area is 185 Å². The van der Waals surface area contributed by atoms with E-state index in [1.807, 2.05) is 0 Å². The van der Waals surface area contributed by atoms with Crippen molar-refractivity contribution in [3.8, 4) is 5.75 Å². The summed E-state index contributed by atoms with van der Waals surface area (Å²) in [7, 11) is 1.34. The summed E-state index contributed by atoms with van der Waals surface area (Å²) < 4.78 is 60.6. The van der Waals surface area contributed by atoms with Gasteiger partial charge in [-0.1, -0.05) is 6.07 Å². The normalized spacial score (nSPS) is 20.8. The highest BCUT2D eigenvalue weighted by Crippen LogP contribution is 2.55. The summed E-state index contributed by atoms with van der Waals surface area (Å²) in [6, 6.07) is 5.29. The number of amides is 1. The Balaban J connectivity index is 1.89. The number of hydrogen-bond acceptors (Lipinski definition) is 4. The van der Waals surface area contributed by atoms with E-state index in [1.165, 1.54) is 44.5 Å². The molecule has 1 aliphatic carbocycles. The first-order valence-electron chi connectivity index (χ1n) is 10.2. The summed E-state index contributed by atoms with van der Waals surface area (Å²) in [6.07, 6.45) is -3.64. The number of carbonyl (C=O) groups is 1. The van der Waals surface area contributed by atoms with Crippen molar-refractivity contribution >= 4 is 16.8 Å². The van der Waals surface area contributed by atoms with Crippen molar-refractivity contribution in [2.45, 2.75) is 37.8 Å². The Morgan fingerprint density at radius 3 is 2.55 bits per heavy atom. The van der Waals surface area contributed by atoms with Crippen LogP contribution >= 0.6 is 0 Å². The molecule has 6 nitrogen and oxygen atoms in total. The second-order valence-corrected chi connectivity index (χ2v) is 8.25. The molecule has 1 fully saturated rings. The van der Waals surface area contributed by atoms with Crippen LogP contribution in [0.5, 0.6) is 5.75 Å². The Bertz CT molecular complexity index is 1300. The topological polar surface area (TPSA) is 98.1 Å². The molecule has 1 saturated carbocycles. The number of halogens is 4. The molecule has 33 heavy (non-hydrogen) atoms. The average molecular weight is 463 g/mol. The molecule has 174 valence electrons. The van der Waals surface area contributed by atoms with Crippen LogP contribution in [-0.2, 0) is 0 Å². The first kappa shape index (κ1) is 22.8. The molecule has 0 saturated heterocycles. The number of benzene rings is 1. The van der Waals surface area contributed by atoms with E-state index in [2.05, 4.69) is 9.97 Å². The number of alkyl halides is 3. The van der Waals surface area contributed by atoms with E-state index in [1.54, 1.807) is 0 Å². The van der Waals surface area contributed by atoms with E-state index in [4.69, 9.17) is 10.5 Å². The van der Waals surface area contributed by atoms with Gasteiger partial charge in [-0.2, -0.15) is 13.2 Å². The van der Waals surface area contributed by atoms with Crippen molar-refractivity contribution in [2.75, 3.05) is 7.11 Å². The Kier molecular flexibility index (Phi) is 5.63. The van der Waals surface area contributed by atoms with Gasteiger partial charge >= 0.3 is 6.18 Å². The van der Waals surface area contributed by atoms with Crippen molar-refractivity contribution in [2.24, 2.45) is 11.7 Å². The van der Waals surface area contributed by atoms with Crippen LogP contribution in [0.15, 0.2) is 35.3 Å². The van der Waals surface area contributed by atoms with Crippen LogP contribution in [0.3, 0.4) is 0 Å². The van der Waals surface area contributed by atoms with Crippen molar-refractivity contribution in [3.63, 3.8) is 0 Å². The maximum Gasteiger partial charge on any atom is 0.391 e. The van der Waals surface area contributed by atoms with Gasteiger partial charge in [0, 0.05) is 29.4 Å². The van der Waals surface area contributed by atoms with Crippen molar-refractivity contribution in [1.29, 1.82) is 0 Å². The second kappa shape index (κ2) is 8.17. The SMILES string of the molecule is COc1c([C@@H]2C[C@H](C(F)(F)F)CC2c2cc(=O)c3c(C(N)=O)nccc3[nH]2)ccc(F)c1C. The molecular formula is C23H21F4N3O3. The molecule has 1 aliphatic rings. The van der Waals surface area contributed by atoms with Gasteiger partial charge in [0.25, 0.3) is 5.91 Å². The largest absolute Gasteiger partial charge is 0.496 e. The number of rotatable bonds is 4. The molecule has 2 heterocycles. The van der Waals surface area contributed by atoms with Crippen molar-refractivity contribution < 1.29 is 27.1 Å². The van der Waals surface area contributed by atoms with Crippen molar-refractivity contribution in [1.82, 2.24) is 9.97 Å². The third-order valence-electron chi connectivity index (χ3n) is 6.40. The van der Waals surface area contributed by atoms with Gasteiger partial charge in [-0.05, 0) is 43.4 Å². The minimum atomic E-state index is -4.44. The number of nitrogens with two attached hydrogens (primary N) is 1. The molecule has 3 atom stereocenters. The number of aromatic amines is 1. The van der Waals surface area contributed by atoms with E-state index in [0.717, 1.165) is 0 Å². The van der Waals surface area contributed by atoms with Gasteiger partial charge in [0.15, 0.2) is 5.43 Å². The molecule has 10 heteroatoms. The zero-order valence-corrected chi connectivity index (χ0v) is 17.8. The van der Waals surface area contributed by atoms with Gasteiger partial charge in [-0.25, -0.2) is 4.39 Å². The quantitative estimate of drug-likeness (QED) is 0.563. The number of carbonyl (C=O) groups excluding carboxylic acids is 1. The second-order valence-electron chi connectivity index (χ2n) is 8.25. The van der Waals surface area contributed by atoms with Gasteiger partial charge in [-0.15, -0.1) is 0 Å². The zero-order chi connectivity index (χ0) is 24.1. The van der Waals surface area contributed by atoms with Crippen LogP contribution in [0.4, 0.5) is 17.6 Å². The molecular weight excluding hydrogens is 442 g/mol. The standard InChI is InChI=1S/C23H21F4N3O3/c1-10-15(24)4-3-12(21(10)33-2)13-7-11(23(25,26)27)8-14(13)17-9-18(31)19-16(30-17)5-6-29-20(19)22(28)32/h3-6,9,11,13-14H,7-8H2,1-2H3,(H2,28,32)(H,30,31)/t11-,13-,14?/m0/s1. The fourth-order valence-corrected chi connectivity index (χ4v) is 4.85. The van der Waals surface area contributed by atoms with Gasteiger partial charge in [0.05, 0.1) is 23.9 Å². The van der Waals surface area contributed by atoms with Gasteiger partial charge in [-0.3, -0.25) is 14.6 Å². The molecule has 0 bridgehead atoms. The van der Waals surface area contributed by atoms with Crippen LogP contribution in [-0.4, -0.2) is 29.2 Å². The van der Waals surface area contributed by atoms with Crippen LogP contribution < -0.4 is 15.9 Å². The van der Waals surface area contributed by atoms with E-state index in [9.17, 15) is 27.2 Å². The van der Waals surface area contributed by atoms with E-state index in [-0.39, 0.29) is 46.4 Å². The molecule has 4 rings (SSSR count).